The van der Waals surface area contributed by atoms with Crippen LogP contribution >= 0.6 is 0 Å². The minimum atomic E-state index is -0.733. The van der Waals surface area contributed by atoms with Gasteiger partial charge in [-0.3, -0.25) is 4.79 Å². The van der Waals surface area contributed by atoms with Gasteiger partial charge in [0.25, 0.3) is 0 Å². The van der Waals surface area contributed by atoms with E-state index in [2.05, 4.69) is 0 Å². The summed E-state index contributed by atoms with van der Waals surface area (Å²) in [4.78, 5) is 13.1. The molecule has 0 aliphatic carbocycles. The van der Waals surface area contributed by atoms with Crippen molar-refractivity contribution in [2.24, 2.45) is 0 Å². The number of benzene rings is 2. The Kier molecular flexibility index (Phi) is 6.53. The first-order valence-electron chi connectivity index (χ1n) is 11.9. The van der Waals surface area contributed by atoms with Crippen LogP contribution < -0.4 is 18.9 Å². The molecule has 2 aliphatic rings. The van der Waals surface area contributed by atoms with E-state index in [1.165, 1.54) is 14.2 Å². The summed E-state index contributed by atoms with van der Waals surface area (Å²) < 4.78 is 23.0. The Balaban J connectivity index is 1.63. The molecule has 190 valence electrons. The Labute approximate surface area is 205 Å². The number of phenols is 2. The number of hydrogen-bond acceptors (Lipinski definition) is 8. The summed E-state index contributed by atoms with van der Waals surface area (Å²) in [5, 5.41) is 31.2. The van der Waals surface area contributed by atoms with Crippen molar-refractivity contribution in [3.8, 4) is 34.5 Å². The summed E-state index contributed by atoms with van der Waals surface area (Å²) in [5.74, 6) is 0.729. The predicted molar refractivity (Wildman–Crippen MR) is 129 cm³/mol. The number of ketones is 1. The first kappa shape index (κ1) is 25.0. The van der Waals surface area contributed by atoms with Gasteiger partial charge in [-0.15, -0.1) is 0 Å². The maximum Gasteiger partial charge on any atom is 0.200 e. The van der Waals surface area contributed by atoms with Crippen LogP contribution in [-0.2, 0) is 6.42 Å². The number of aromatic hydroxyl groups is 2. The van der Waals surface area contributed by atoms with Gasteiger partial charge >= 0.3 is 0 Å². The minimum Gasteiger partial charge on any atom is -0.507 e. The molecule has 0 fully saturated rings. The standard InChI is InChI=1S/C27H34O8/c1-26(2,31)8-6-9-27(3)10-7-16-19(35-27)14-20-23(24(16)29)17(28)13-18(34-20)15-11-21(32-4)25(30)22(12-15)33-5/h11-12,14,18,29-31H,6-10,13H2,1-5H3/t18-,27+/m0/s1. The Bertz CT molecular complexity index is 1110. The van der Waals surface area contributed by atoms with E-state index in [1.54, 1.807) is 32.0 Å². The van der Waals surface area contributed by atoms with Crippen molar-refractivity contribution < 1.29 is 39.1 Å². The average Bonchev–Trinajstić information content (AvgIpc) is 2.77. The van der Waals surface area contributed by atoms with Gasteiger partial charge in [0.2, 0.25) is 5.75 Å². The third-order valence-electron chi connectivity index (χ3n) is 6.88. The summed E-state index contributed by atoms with van der Waals surface area (Å²) >= 11 is 0. The molecule has 8 nitrogen and oxygen atoms in total. The molecule has 2 atom stereocenters. The van der Waals surface area contributed by atoms with E-state index in [9.17, 15) is 20.1 Å². The number of phenolic OH excluding ortho intramolecular Hbond substituents is 2. The first-order chi connectivity index (χ1) is 16.4. The van der Waals surface area contributed by atoms with Crippen molar-refractivity contribution in [2.45, 2.75) is 76.6 Å². The van der Waals surface area contributed by atoms with Crippen molar-refractivity contribution in [1.82, 2.24) is 0 Å². The van der Waals surface area contributed by atoms with Crippen LogP contribution in [0.25, 0.3) is 0 Å². The molecule has 0 radical (unpaired) electrons. The van der Waals surface area contributed by atoms with Crippen LogP contribution in [0.15, 0.2) is 18.2 Å². The highest BCUT2D eigenvalue weighted by Gasteiger charge is 2.38. The largest absolute Gasteiger partial charge is 0.507 e. The van der Waals surface area contributed by atoms with Gasteiger partial charge in [0, 0.05) is 17.2 Å². The second-order valence-corrected chi connectivity index (χ2v) is 10.3. The fraction of sp³-hybridized carbons (Fsp3) is 0.519. The lowest BCUT2D eigenvalue weighted by molar-refractivity contribution is 0.0328. The number of ether oxygens (including phenoxy) is 4. The molecule has 2 aromatic carbocycles. The Morgan fingerprint density at radius 2 is 1.74 bits per heavy atom. The highest BCUT2D eigenvalue weighted by atomic mass is 16.5. The van der Waals surface area contributed by atoms with Crippen molar-refractivity contribution in [2.75, 3.05) is 14.2 Å². The monoisotopic (exact) mass is 486 g/mol. The highest BCUT2D eigenvalue weighted by molar-refractivity contribution is 6.03. The molecule has 2 aliphatic heterocycles. The maximum atomic E-state index is 13.1. The number of carbonyl (C=O) groups excluding carboxylic acids is 1. The van der Waals surface area contributed by atoms with E-state index in [0.717, 1.165) is 12.8 Å². The summed E-state index contributed by atoms with van der Waals surface area (Å²) in [5.41, 5.74) is 0.210. The second-order valence-electron chi connectivity index (χ2n) is 10.3. The summed E-state index contributed by atoms with van der Waals surface area (Å²) in [7, 11) is 2.86. The Morgan fingerprint density at radius 1 is 1.09 bits per heavy atom. The van der Waals surface area contributed by atoms with Crippen LogP contribution in [0, 0.1) is 0 Å². The molecule has 0 saturated heterocycles. The van der Waals surface area contributed by atoms with Crippen LogP contribution in [0.4, 0.5) is 0 Å². The number of carbonyl (C=O) groups is 1. The quantitative estimate of drug-likeness (QED) is 0.509. The number of aliphatic hydroxyl groups is 1. The van der Waals surface area contributed by atoms with E-state index in [0.29, 0.717) is 36.1 Å². The lowest BCUT2D eigenvalue weighted by Crippen LogP contribution is -2.37. The normalized spacial score (nSPS) is 21.4. The molecule has 0 saturated carbocycles. The molecular formula is C27H34O8. The number of Topliss-reactive ketones (excluding diaryl/α,β-unsaturated/α-hetero) is 1. The molecule has 0 amide bonds. The van der Waals surface area contributed by atoms with Crippen LogP contribution in [0.3, 0.4) is 0 Å². The number of hydrogen-bond donors (Lipinski definition) is 3. The van der Waals surface area contributed by atoms with E-state index >= 15 is 0 Å². The van der Waals surface area contributed by atoms with Crippen molar-refractivity contribution >= 4 is 5.78 Å². The lowest BCUT2D eigenvalue weighted by atomic mass is 9.85. The number of rotatable bonds is 7. The molecule has 8 heteroatoms. The van der Waals surface area contributed by atoms with E-state index in [4.69, 9.17) is 18.9 Å². The van der Waals surface area contributed by atoms with Crippen molar-refractivity contribution in [3.05, 3.63) is 34.9 Å². The van der Waals surface area contributed by atoms with Gasteiger partial charge in [0.15, 0.2) is 17.3 Å². The molecule has 0 bridgehead atoms. The molecule has 35 heavy (non-hydrogen) atoms. The third kappa shape index (κ3) is 4.98. The van der Waals surface area contributed by atoms with Gasteiger partial charge in [-0.05, 0) is 65.0 Å². The topological polar surface area (TPSA) is 115 Å². The number of methoxy groups -OCH3 is 2. The smallest absolute Gasteiger partial charge is 0.200 e. The Hall–Kier alpha value is -3.13. The van der Waals surface area contributed by atoms with Gasteiger partial charge in [0.05, 0.1) is 26.2 Å². The molecule has 2 aromatic rings. The first-order valence-corrected chi connectivity index (χ1v) is 11.9. The van der Waals surface area contributed by atoms with Gasteiger partial charge < -0.3 is 34.3 Å². The lowest BCUT2D eigenvalue weighted by Gasteiger charge is -2.38. The molecular weight excluding hydrogens is 452 g/mol. The minimum absolute atomic E-state index is 0.0198. The summed E-state index contributed by atoms with van der Waals surface area (Å²) in [6, 6.07) is 4.90. The zero-order valence-electron chi connectivity index (χ0n) is 20.9. The molecule has 3 N–H and O–H groups in total. The average molecular weight is 487 g/mol. The molecule has 0 aromatic heterocycles. The Morgan fingerprint density at radius 3 is 2.34 bits per heavy atom. The third-order valence-corrected chi connectivity index (χ3v) is 6.88. The van der Waals surface area contributed by atoms with Gasteiger partial charge in [0.1, 0.15) is 34.5 Å². The summed E-state index contributed by atoms with van der Waals surface area (Å²) in [6.45, 7) is 5.61. The van der Waals surface area contributed by atoms with E-state index in [1.807, 2.05) is 6.92 Å². The van der Waals surface area contributed by atoms with Crippen LogP contribution in [-0.4, -0.2) is 46.5 Å². The molecule has 2 heterocycles. The zero-order valence-corrected chi connectivity index (χ0v) is 20.9. The number of fused-ring (bicyclic) bond motifs is 2. The molecule has 4 rings (SSSR count). The van der Waals surface area contributed by atoms with Gasteiger partial charge in [-0.1, -0.05) is 0 Å². The van der Waals surface area contributed by atoms with Crippen molar-refractivity contribution in [3.63, 3.8) is 0 Å². The van der Waals surface area contributed by atoms with Gasteiger partial charge in [-0.25, -0.2) is 0 Å². The molecule has 0 unspecified atom stereocenters. The predicted octanol–water partition coefficient (Wildman–Crippen LogP) is 4.85. The zero-order chi connectivity index (χ0) is 25.5. The fourth-order valence-electron chi connectivity index (χ4n) is 4.89. The maximum absolute atomic E-state index is 13.1. The fourth-order valence-corrected chi connectivity index (χ4v) is 4.89. The SMILES string of the molecule is COc1cc([C@@H]2CC(=O)c3c(cc4c(c3O)CC[C@@](C)(CCCC(C)(C)O)O4)O2)cc(OC)c1O. The van der Waals surface area contributed by atoms with Crippen LogP contribution in [0.1, 0.15) is 80.5 Å². The van der Waals surface area contributed by atoms with Crippen molar-refractivity contribution in [1.29, 1.82) is 0 Å². The second kappa shape index (κ2) is 9.15. The molecule has 0 spiro atoms. The van der Waals surface area contributed by atoms with Crippen LogP contribution in [0.2, 0.25) is 0 Å². The van der Waals surface area contributed by atoms with Crippen LogP contribution in [0.5, 0.6) is 34.5 Å². The highest BCUT2D eigenvalue weighted by Crippen LogP contribution is 2.50. The van der Waals surface area contributed by atoms with E-state index < -0.39 is 17.3 Å². The summed E-state index contributed by atoms with van der Waals surface area (Å²) in [6.07, 6.45) is 2.86. The van der Waals surface area contributed by atoms with E-state index in [-0.39, 0.29) is 46.5 Å². The van der Waals surface area contributed by atoms with Gasteiger partial charge in [-0.2, -0.15) is 0 Å².